The number of anilines is 1. The highest BCUT2D eigenvalue weighted by atomic mass is 16.4. The first-order valence-corrected chi connectivity index (χ1v) is 6.93. The van der Waals surface area contributed by atoms with Crippen molar-refractivity contribution < 1.29 is 14.7 Å². The van der Waals surface area contributed by atoms with Gasteiger partial charge in [0.1, 0.15) is 0 Å². The molecule has 1 aliphatic rings. The van der Waals surface area contributed by atoms with E-state index in [1.807, 2.05) is 0 Å². The molecule has 21 heavy (non-hydrogen) atoms. The number of carboxylic acid groups (broad SMARTS) is 1. The van der Waals surface area contributed by atoms with Crippen molar-refractivity contribution in [1.29, 1.82) is 0 Å². The monoisotopic (exact) mass is 289 g/mol. The third kappa shape index (κ3) is 4.92. The SMILES string of the molecule is O=C(O)/C=C/c1cccc(NC(=O)N2CCCNCC2)c1. The Bertz CT molecular complexity index is 535. The van der Waals surface area contributed by atoms with E-state index in [0.29, 0.717) is 12.2 Å². The summed E-state index contributed by atoms with van der Waals surface area (Å²) >= 11 is 0. The lowest BCUT2D eigenvalue weighted by atomic mass is 10.2. The van der Waals surface area contributed by atoms with Crippen molar-refractivity contribution in [2.45, 2.75) is 6.42 Å². The highest BCUT2D eigenvalue weighted by Gasteiger charge is 2.14. The number of aliphatic carboxylic acids is 1. The van der Waals surface area contributed by atoms with Crippen LogP contribution in [-0.2, 0) is 4.79 Å². The molecule has 1 aliphatic heterocycles. The number of nitrogens with zero attached hydrogens (tertiary/aromatic N) is 1. The minimum absolute atomic E-state index is 0.127. The summed E-state index contributed by atoms with van der Waals surface area (Å²) in [5.41, 5.74) is 1.39. The van der Waals surface area contributed by atoms with Crippen molar-refractivity contribution >= 4 is 23.8 Å². The molecule has 3 N–H and O–H groups in total. The summed E-state index contributed by atoms with van der Waals surface area (Å²) in [7, 11) is 0. The first-order valence-electron chi connectivity index (χ1n) is 6.93. The fourth-order valence-electron chi connectivity index (χ4n) is 2.14. The van der Waals surface area contributed by atoms with Crippen molar-refractivity contribution in [1.82, 2.24) is 10.2 Å². The largest absolute Gasteiger partial charge is 0.478 e. The van der Waals surface area contributed by atoms with Gasteiger partial charge in [-0.3, -0.25) is 0 Å². The molecule has 0 bridgehead atoms. The number of urea groups is 1. The first-order chi connectivity index (χ1) is 10.1. The van der Waals surface area contributed by atoms with Crippen LogP contribution in [0.2, 0.25) is 0 Å². The summed E-state index contributed by atoms with van der Waals surface area (Å²) in [6.07, 6.45) is 3.50. The van der Waals surface area contributed by atoms with Crippen LogP contribution in [-0.4, -0.2) is 48.2 Å². The molecule has 0 radical (unpaired) electrons. The summed E-state index contributed by atoms with van der Waals surface area (Å²) in [5, 5.41) is 14.7. The molecule has 1 aromatic carbocycles. The molecule has 112 valence electrons. The number of carboxylic acids is 1. The van der Waals surface area contributed by atoms with Gasteiger partial charge in [-0.15, -0.1) is 0 Å². The van der Waals surface area contributed by atoms with E-state index in [2.05, 4.69) is 10.6 Å². The predicted molar refractivity (Wildman–Crippen MR) is 81.2 cm³/mol. The van der Waals surface area contributed by atoms with Gasteiger partial charge in [-0.05, 0) is 36.7 Å². The van der Waals surface area contributed by atoms with E-state index in [9.17, 15) is 9.59 Å². The van der Waals surface area contributed by atoms with E-state index in [1.54, 1.807) is 29.2 Å². The Labute approximate surface area is 123 Å². The van der Waals surface area contributed by atoms with Crippen LogP contribution in [0.4, 0.5) is 10.5 Å². The molecular weight excluding hydrogens is 270 g/mol. The molecule has 0 saturated carbocycles. The second-order valence-corrected chi connectivity index (χ2v) is 4.82. The highest BCUT2D eigenvalue weighted by molar-refractivity contribution is 5.90. The molecule has 1 saturated heterocycles. The van der Waals surface area contributed by atoms with Crippen LogP contribution in [0, 0.1) is 0 Å². The van der Waals surface area contributed by atoms with Gasteiger partial charge < -0.3 is 20.6 Å². The number of nitrogens with one attached hydrogen (secondary N) is 2. The molecule has 0 aliphatic carbocycles. The van der Waals surface area contributed by atoms with Crippen molar-refractivity contribution in [2.24, 2.45) is 0 Å². The number of rotatable bonds is 3. The average Bonchev–Trinajstić information content (AvgIpc) is 2.74. The molecule has 0 unspecified atom stereocenters. The van der Waals surface area contributed by atoms with Crippen LogP contribution in [0.5, 0.6) is 0 Å². The number of carbonyl (C=O) groups excluding carboxylic acids is 1. The van der Waals surface area contributed by atoms with Gasteiger partial charge in [-0.2, -0.15) is 0 Å². The number of hydrogen-bond acceptors (Lipinski definition) is 3. The van der Waals surface area contributed by atoms with E-state index < -0.39 is 5.97 Å². The quantitative estimate of drug-likeness (QED) is 0.738. The van der Waals surface area contributed by atoms with E-state index >= 15 is 0 Å². The molecular formula is C15H19N3O3. The Morgan fingerprint density at radius 2 is 2.14 bits per heavy atom. The summed E-state index contributed by atoms with van der Waals surface area (Å²) in [4.78, 5) is 24.5. The van der Waals surface area contributed by atoms with Gasteiger partial charge in [-0.25, -0.2) is 9.59 Å². The van der Waals surface area contributed by atoms with Crippen molar-refractivity contribution in [3.63, 3.8) is 0 Å². The van der Waals surface area contributed by atoms with E-state index in [0.717, 1.165) is 37.7 Å². The predicted octanol–water partition coefficient (Wildman–Crippen LogP) is 1.61. The summed E-state index contributed by atoms with van der Waals surface area (Å²) in [6.45, 7) is 3.15. The van der Waals surface area contributed by atoms with Gasteiger partial charge in [0.25, 0.3) is 0 Å². The van der Waals surface area contributed by atoms with Gasteiger partial charge >= 0.3 is 12.0 Å². The minimum Gasteiger partial charge on any atom is -0.478 e. The van der Waals surface area contributed by atoms with Crippen molar-refractivity contribution in [2.75, 3.05) is 31.5 Å². The maximum absolute atomic E-state index is 12.2. The third-order valence-corrected chi connectivity index (χ3v) is 3.18. The van der Waals surface area contributed by atoms with Crippen LogP contribution >= 0.6 is 0 Å². The second kappa shape index (κ2) is 7.44. The van der Waals surface area contributed by atoms with Gasteiger partial charge in [0.15, 0.2) is 0 Å². The maximum atomic E-state index is 12.2. The van der Waals surface area contributed by atoms with Gasteiger partial charge in [0.2, 0.25) is 0 Å². The number of hydrogen-bond donors (Lipinski definition) is 3. The van der Waals surface area contributed by atoms with E-state index in [-0.39, 0.29) is 6.03 Å². The van der Waals surface area contributed by atoms with Crippen LogP contribution in [0.15, 0.2) is 30.3 Å². The fraction of sp³-hybridized carbons (Fsp3) is 0.333. The lowest BCUT2D eigenvalue weighted by Gasteiger charge is -2.20. The zero-order valence-electron chi connectivity index (χ0n) is 11.7. The Morgan fingerprint density at radius 1 is 1.29 bits per heavy atom. The van der Waals surface area contributed by atoms with Gasteiger partial charge in [0.05, 0.1) is 0 Å². The normalized spacial score (nSPS) is 15.7. The fourth-order valence-corrected chi connectivity index (χ4v) is 2.14. The zero-order chi connectivity index (χ0) is 15.1. The number of carbonyl (C=O) groups is 2. The Morgan fingerprint density at radius 3 is 2.95 bits per heavy atom. The van der Waals surface area contributed by atoms with Crippen LogP contribution in [0.3, 0.4) is 0 Å². The highest BCUT2D eigenvalue weighted by Crippen LogP contribution is 2.13. The maximum Gasteiger partial charge on any atom is 0.328 e. The Kier molecular flexibility index (Phi) is 5.34. The lowest BCUT2D eigenvalue weighted by molar-refractivity contribution is -0.131. The Balaban J connectivity index is 1.99. The molecule has 1 heterocycles. The smallest absolute Gasteiger partial charge is 0.328 e. The molecule has 2 rings (SSSR count). The van der Waals surface area contributed by atoms with Gasteiger partial charge in [-0.1, -0.05) is 12.1 Å². The number of benzene rings is 1. The molecule has 0 atom stereocenters. The second-order valence-electron chi connectivity index (χ2n) is 4.82. The summed E-state index contributed by atoms with van der Waals surface area (Å²) in [6, 6.07) is 6.96. The van der Waals surface area contributed by atoms with Gasteiger partial charge in [0, 0.05) is 31.4 Å². The van der Waals surface area contributed by atoms with Crippen LogP contribution < -0.4 is 10.6 Å². The summed E-state index contributed by atoms with van der Waals surface area (Å²) in [5.74, 6) is -0.999. The lowest BCUT2D eigenvalue weighted by Crippen LogP contribution is -2.37. The molecule has 0 spiro atoms. The standard InChI is InChI=1S/C15H19N3O3/c19-14(20)6-5-12-3-1-4-13(11-12)17-15(21)18-9-2-7-16-8-10-18/h1,3-6,11,16H,2,7-10H2,(H,17,21)(H,19,20)/b6-5+. The molecule has 1 fully saturated rings. The number of amides is 2. The van der Waals surface area contributed by atoms with Crippen LogP contribution in [0.25, 0.3) is 6.08 Å². The summed E-state index contributed by atoms with van der Waals surface area (Å²) < 4.78 is 0. The van der Waals surface area contributed by atoms with E-state index in [4.69, 9.17) is 5.11 Å². The van der Waals surface area contributed by atoms with E-state index in [1.165, 1.54) is 6.08 Å². The molecule has 6 heteroatoms. The molecule has 1 aromatic rings. The topological polar surface area (TPSA) is 81.7 Å². The zero-order valence-corrected chi connectivity index (χ0v) is 11.7. The molecule has 2 amide bonds. The Hall–Kier alpha value is -2.34. The molecule has 6 nitrogen and oxygen atoms in total. The minimum atomic E-state index is -0.999. The average molecular weight is 289 g/mol. The first kappa shape index (κ1) is 15.1. The third-order valence-electron chi connectivity index (χ3n) is 3.18. The van der Waals surface area contributed by atoms with Crippen LogP contribution in [0.1, 0.15) is 12.0 Å². The molecule has 0 aromatic heterocycles. The van der Waals surface area contributed by atoms with Crippen molar-refractivity contribution in [3.8, 4) is 0 Å². The van der Waals surface area contributed by atoms with Crippen molar-refractivity contribution in [3.05, 3.63) is 35.9 Å².